The average Bonchev–Trinajstić information content (AvgIpc) is 3.02. The molecule has 1 aromatic carbocycles. The number of nitrogens with one attached hydrogen (secondary N) is 1. The quantitative estimate of drug-likeness (QED) is 0.477. The van der Waals surface area contributed by atoms with Gasteiger partial charge in [0.2, 0.25) is 5.91 Å². The SMILES string of the molecule is COc1cc(/C=C/C(=O)OCC(=O)NCCN2C(=O)CSC2=O)cc(OC)c1. The van der Waals surface area contributed by atoms with E-state index in [9.17, 15) is 19.2 Å². The summed E-state index contributed by atoms with van der Waals surface area (Å²) in [6.07, 6.45) is 2.69. The van der Waals surface area contributed by atoms with Crippen molar-refractivity contribution in [3.63, 3.8) is 0 Å². The number of methoxy groups -OCH3 is 2. The molecule has 1 heterocycles. The fraction of sp³-hybridized carbons (Fsp3) is 0.333. The predicted molar refractivity (Wildman–Crippen MR) is 102 cm³/mol. The highest BCUT2D eigenvalue weighted by molar-refractivity contribution is 8.14. The molecule has 1 fully saturated rings. The summed E-state index contributed by atoms with van der Waals surface area (Å²) in [5.74, 6) is -0.249. The highest BCUT2D eigenvalue weighted by atomic mass is 32.2. The van der Waals surface area contributed by atoms with E-state index in [0.29, 0.717) is 17.1 Å². The zero-order chi connectivity index (χ0) is 20.5. The van der Waals surface area contributed by atoms with E-state index in [-0.39, 0.29) is 30.0 Å². The first-order valence-corrected chi connectivity index (χ1v) is 9.23. The number of amides is 3. The van der Waals surface area contributed by atoms with E-state index in [4.69, 9.17) is 14.2 Å². The van der Waals surface area contributed by atoms with Crippen molar-refractivity contribution in [2.24, 2.45) is 0 Å². The summed E-state index contributed by atoms with van der Waals surface area (Å²) in [6.45, 7) is -0.295. The molecule has 10 heteroatoms. The lowest BCUT2D eigenvalue weighted by atomic mass is 10.2. The van der Waals surface area contributed by atoms with Crippen molar-refractivity contribution in [3.05, 3.63) is 29.8 Å². The first kappa shape index (κ1) is 21.3. The minimum Gasteiger partial charge on any atom is -0.497 e. The summed E-state index contributed by atoms with van der Waals surface area (Å²) >= 11 is 0.927. The summed E-state index contributed by atoms with van der Waals surface area (Å²) in [5.41, 5.74) is 0.662. The molecule has 0 bridgehead atoms. The number of carbonyl (C=O) groups excluding carboxylic acids is 4. The van der Waals surface area contributed by atoms with E-state index in [2.05, 4.69) is 5.32 Å². The van der Waals surface area contributed by atoms with Gasteiger partial charge in [0, 0.05) is 25.2 Å². The molecule has 0 unspecified atom stereocenters. The molecule has 0 atom stereocenters. The van der Waals surface area contributed by atoms with Gasteiger partial charge in [0.1, 0.15) is 11.5 Å². The van der Waals surface area contributed by atoms with Gasteiger partial charge < -0.3 is 19.5 Å². The van der Waals surface area contributed by atoms with Gasteiger partial charge in [-0.3, -0.25) is 19.3 Å². The zero-order valence-corrected chi connectivity index (χ0v) is 16.2. The van der Waals surface area contributed by atoms with Crippen molar-refractivity contribution < 1.29 is 33.4 Å². The number of ether oxygens (including phenoxy) is 3. The first-order chi connectivity index (χ1) is 13.4. The Hall–Kier alpha value is -3.01. The van der Waals surface area contributed by atoms with E-state index < -0.39 is 18.5 Å². The van der Waals surface area contributed by atoms with Gasteiger partial charge in [-0.25, -0.2) is 4.79 Å². The highest BCUT2D eigenvalue weighted by Gasteiger charge is 2.29. The van der Waals surface area contributed by atoms with Gasteiger partial charge in [-0.15, -0.1) is 0 Å². The molecule has 0 saturated carbocycles. The molecule has 1 aliphatic heterocycles. The number of esters is 1. The number of nitrogens with zero attached hydrogens (tertiary/aromatic N) is 1. The third-order valence-corrected chi connectivity index (χ3v) is 4.49. The summed E-state index contributed by atoms with van der Waals surface area (Å²) in [6, 6.07) is 5.11. The minimum atomic E-state index is -0.696. The van der Waals surface area contributed by atoms with Crippen LogP contribution in [0.5, 0.6) is 11.5 Å². The summed E-state index contributed by atoms with van der Waals surface area (Å²) < 4.78 is 15.1. The molecule has 1 aromatic rings. The molecule has 150 valence electrons. The van der Waals surface area contributed by atoms with Crippen LogP contribution in [0.4, 0.5) is 4.79 Å². The second-order valence-electron chi connectivity index (χ2n) is 5.54. The van der Waals surface area contributed by atoms with Gasteiger partial charge in [-0.2, -0.15) is 0 Å². The molecule has 0 spiro atoms. The molecule has 0 aromatic heterocycles. The van der Waals surface area contributed by atoms with Crippen LogP contribution in [0.25, 0.3) is 6.08 Å². The molecule has 1 N–H and O–H groups in total. The van der Waals surface area contributed by atoms with Gasteiger partial charge in [-0.05, 0) is 23.8 Å². The lowest BCUT2D eigenvalue weighted by Gasteiger charge is -2.12. The summed E-state index contributed by atoms with van der Waals surface area (Å²) in [7, 11) is 3.03. The molecule has 28 heavy (non-hydrogen) atoms. The Kier molecular flexibility index (Phi) is 7.88. The fourth-order valence-electron chi connectivity index (χ4n) is 2.23. The van der Waals surface area contributed by atoms with Crippen molar-refractivity contribution in [2.75, 3.05) is 39.7 Å². The van der Waals surface area contributed by atoms with E-state index in [0.717, 1.165) is 16.7 Å². The topological polar surface area (TPSA) is 111 Å². The maximum absolute atomic E-state index is 11.7. The van der Waals surface area contributed by atoms with Crippen LogP contribution in [-0.4, -0.2) is 67.6 Å². The minimum absolute atomic E-state index is 0.0852. The van der Waals surface area contributed by atoms with Crippen molar-refractivity contribution >= 4 is 40.9 Å². The van der Waals surface area contributed by atoms with Crippen LogP contribution in [0, 0.1) is 0 Å². The second kappa shape index (κ2) is 10.4. The number of carbonyl (C=O) groups is 4. The van der Waals surface area contributed by atoms with Crippen LogP contribution in [0.2, 0.25) is 0 Å². The van der Waals surface area contributed by atoms with Crippen LogP contribution in [-0.2, 0) is 19.1 Å². The van der Waals surface area contributed by atoms with Gasteiger partial charge >= 0.3 is 5.97 Å². The van der Waals surface area contributed by atoms with E-state index >= 15 is 0 Å². The molecule has 9 nitrogen and oxygen atoms in total. The van der Waals surface area contributed by atoms with Gasteiger partial charge in [0.15, 0.2) is 6.61 Å². The Balaban J connectivity index is 1.74. The maximum Gasteiger partial charge on any atom is 0.331 e. The average molecular weight is 408 g/mol. The van der Waals surface area contributed by atoms with Crippen LogP contribution < -0.4 is 14.8 Å². The third-order valence-electron chi connectivity index (χ3n) is 3.63. The number of hydrogen-bond donors (Lipinski definition) is 1. The van der Waals surface area contributed by atoms with Gasteiger partial charge in [-0.1, -0.05) is 11.8 Å². The molecule has 0 aliphatic carbocycles. The molecule has 0 radical (unpaired) electrons. The number of rotatable bonds is 9. The molecular formula is C18H20N2O7S. The summed E-state index contributed by atoms with van der Waals surface area (Å²) in [5, 5.41) is 2.15. The Morgan fingerprint density at radius 1 is 1.18 bits per heavy atom. The van der Waals surface area contributed by atoms with Crippen molar-refractivity contribution in [3.8, 4) is 11.5 Å². The molecular weight excluding hydrogens is 388 g/mol. The summed E-state index contributed by atoms with van der Waals surface area (Å²) in [4.78, 5) is 47.3. The molecule has 2 rings (SSSR count). The molecule has 1 aliphatic rings. The Morgan fingerprint density at radius 2 is 1.86 bits per heavy atom. The standard InChI is InChI=1S/C18H20N2O7S/c1-25-13-7-12(8-14(9-13)26-2)3-4-17(23)27-10-15(21)19-5-6-20-16(22)11-28-18(20)24/h3-4,7-9H,5-6,10-11H2,1-2H3,(H,19,21)/b4-3+. The molecule has 3 amide bonds. The lowest BCUT2D eigenvalue weighted by Crippen LogP contribution is -2.38. The van der Waals surface area contributed by atoms with Gasteiger partial charge in [0.05, 0.1) is 20.0 Å². The van der Waals surface area contributed by atoms with Crippen LogP contribution in [0.3, 0.4) is 0 Å². The largest absolute Gasteiger partial charge is 0.497 e. The Morgan fingerprint density at radius 3 is 2.43 bits per heavy atom. The first-order valence-electron chi connectivity index (χ1n) is 8.24. The normalized spacial score (nSPS) is 13.7. The maximum atomic E-state index is 11.7. The number of thioether (sulfide) groups is 1. The Labute approximate surface area is 166 Å². The van der Waals surface area contributed by atoms with Crippen molar-refractivity contribution in [1.82, 2.24) is 10.2 Å². The second-order valence-corrected chi connectivity index (χ2v) is 6.46. The predicted octanol–water partition coefficient (Wildman–Crippen LogP) is 1.07. The Bertz CT molecular complexity index is 756. The van der Waals surface area contributed by atoms with Gasteiger partial charge in [0.25, 0.3) is 11.1 Å². The molecule has 1 saturated heterocycles. The number of benzene rings is 1. The van der Waals surface area contributed by atoms with E-state index in [1.807, 2.05) is 0 Å². The van der Waals surface area contributed by atoms with Crippen LogP contribution in [0.15, 0.2) is 24.3 Å². The number of hydrogen-bond acceptors (Lipinski definition) is 8. The van der Waals surface area contributed by atoms with E-state index in [1.165, 1.54) is 26.4 Å². The van der Waals surface area contributed by atoms with Crippen LogP contribution in [0.1, 0.15) is 5.56 Å². The highest BCUT2D eigenvalue weighted by Crippen LogP contribution is 2.23. The lowest BCUT2D eigenvalue weighted by molar-refractivity contribution is -0.143. The smallest absolute Gasteiger partial charge is 0.331 e. The monoisotopic (exact) mass is 408 g/mol. The van der Waals surface area contributed by atoms with Crippen LogP contribution >= 0.6 is 11.8 Å². The van der Waals surface area contributed by atoms with Crippen molar-refractivity contribution in [1.29, 1.82) is 0 Å². The van der Waals surface area contributed by atoms with E-state index in [1.54, 1.807) is 18.2 Å². The zero-order valence-electron chi connectivity index (χ0n) is 15.4. The van der Waals surface area contributed by atoms with Crippen molar-refractivity contribution in [2.45, 2.75) is 0 Å². The number of imide groups is 1. The fourth-order valence-corrected chi connectivity index (χ4v) is 2.98. The third kappa shape index (κ3) is 6.31.